The highest BCUT2D eigenvalue weighted by Gasteiger charge is 2.18. The van der Waals surface area contributed by atoms with Crippen molar-refractivity contribution in [3.8, 4) is 17.1 Å². The molecular weight excluding hydrogens is 279 g/mol. The number of nitrogens with zero attached hydrogens (tertiary/aromatic N) is 1. The van der Waals surface area contributed by atoms with Gasteiger partial charge in [-0.3, -0.25) is 0 Å². The summed E-state index contributed by atoms with van der Waals surface area (Å²) in [6, 6.07) is 2.95. The third-order valence-electron chi connectivity index (χ3n) is 2.06. The Morgan fingerprint density at radius 1 is 1.50 bits per heavy atom. The number of nitrogens with two attached hydrogens (primary N) is 1. The first kappa shape index (κ1) is 10.9. The van der Waals surface area contributed by atoms with Crippen LogP contribution in [0.1, 0.15) is 0 Å². The first-order chi connectivity index (χ1) is 7.63. The lowest BCUT2D eigenvalue weighted by Crippen LogP contribution is -1.93. The Morgan fingerprint density at radius 3 is 2.81 bits per heavy atom. The van der Waals surface area contributed by atoms with E-state index in [-0.39, 0.29) is 11.5 Å². The predicted molar refractivity (Wildman–Crippen MR) is 60.6 cm³/mol. The maximum Gasteiger partial charge on any atom is 0.193 e. The van der Waals surface area contributed by atoms with Crippen LogP contribution in [0, 0.1) is 5.82 Å². The van der Waals surface area contributed by atoms with Crippen LogP contribution in [-0.2, 0) is 0 Å². The number of anilines is 1. The summed E-state index contributed by atoms with van der Waals surface area (Å²) in [6.07, 6.45) is 1.35. The van der Waals surface area contributed by atoms with Crippen LogP contribution in [0.25, 0.3) is 11.3 Å². The standard InChI is InChI=1S/C10H8BrFN2O2/c1-15-9-6(2-5(11)3-7(9)12)10-8(13)4-14-16-10/h2-4H,13H2,1H3. The molecule has 1 aromatic heterocycles. The molecule has 1 heterocycles. The number of hydrogen-bond donors (Lipinski definition) is 1. The van der Waals surface area contributed by atoms with Gasteiger partial charge < -0.3 is 15.0 Å². The fourth-order valence-electron chi connectivity index (χ4n) is 1.39. The Hall–Kier alpha value is -1.56. The van der Waals surface area contributed by atoms with Crippen molar-refractivity contribution in [2.24, 2.45) is 0 Å². The Bertz CT molecular complexity index is 528. The molecule has 84 valence electrons. The van der Waals surface area contributed by atoms with E-state index in [1.54, 1.807) is 6.07 Å². The second-order valence-corrected chi connectivity index (χ2v) is 3.99. The Labute approximate surface area is 99.3 Å². The molecule has 0 aliphatic rings. The summed E-state index contributed by atoms with van der Waals surface area (Å²) < 4.78 is 24.1. The Morgan fingerprint density at radius 2 is 2.25 bits per heavy atom. The number of aromatic nitrogens is 1. The van der Waals surface area contributed by atoms with E-state index in [1.165, 1.54) is 19.4 Å². The first-order valence-electron chi connectivity index (χ1n) is 4.37. The minimum absolute atomic E-state index is 0.0756. The molecule has 1 aromatic carbocycles. The molecule has 0 saturated heterocycles. The molecule has 0 spiro atoms. The molecule has 6 heteroatoms. The fraction of sp³-hybridized carbons (Fsp3) is 0.100. The summed E-state index contributed by atoms with van der Waals surface area (Å²) in [5.74, 6) is -0.133. The van der Waals surface area contributed by atoms with Crippen LogP contribution in [0.4, 0.5) is 10.1 Å². The lowest BCUT2D eigenvalue weighted by atomic mass is 10.1. The van der Waals surface area contributed by atoms with E-state index in [2.05, 4.69) is 21.1 Å². The van der Waals surface area contributed by atoms with Crippen LogP contribution >= 0.6 is 15.9 Å². The van der Waals surface area contributed by atoms with Crippen LogP contribution in [0.15, 0.2) is 27.3 Å². The molecule has 0 fully saturated rings. The second-order valence-electron chi connectivity index (χ2n) is 3.08. The average Bonchev–Trinajstić information content (AvgIpc) is 2.63. The third kappa shape index (κ3) is 1.76. The molecule has 2 aromatic rings. The zero-order valence-corrected chi connectivity index (χ0v) is 9.92. The Balaban J connectivity index is 2.68. The molecule has 2 N–H and O–H groups in total. The van der Waals surface area contributed by atoms with Crippen molar-refractivity contribution in [3.63, 3.8) is 0 Å². The molecule has 4 nitrogen and oxygen atoms in total. The largest absolute Gasteiger partial charge is 0.493 e. The van der Waals surface area contributed by atoms with Gasteiger partial charge in [-0.05, 0) is 12.1 Å². The van der Waals surface area contributed by atoms with Crippen molar-refractivity contribution in [1.82, 2.24) is 5.16 Å². The number of halogens is 2. The van der Waals surface area contributed by atoms with Crippen LogP contribution in [-0.4, -0.2) is 12.3 Å². The van der Waals surface area contributed by atoms with E-state index in [9.17, 15) is 4.39 Å². The SMILES string of the molecule is COc1c(F)cc(Br)cc1-c1oncc1N. The van der Waals surface area contributed by atoms with Gasteiger partial charge in [-0.25, -0.2) is 4.39 Å². The van der Waals surface area contributed by atoms with Crippen LogP contribution in [0.3, 0.4) is 0 Å². The molecule has 0 aliphatic heterocycles. The summed E-state index contributed by atoms with van der Waals surface area (Å²) in [4.78, 5) is 0. The Kier molecular flexibility index (Phi) is 2.82. The van der Waals surface area contributed by atoms with E-state index in [1.807, 2.05) is 0 Å². The van der Waals surface area contributed by atoms with Crippen LogP contribution in [0.2, 0.25) is 0 Å². The highest BCUT2D eigenvalue weighted by atomic mass is 79.9. The molecule has 0 aliphatic carbocycles. The molecule has 0 radical (unpaired) electrons. The first-order valence-corrected chi connectivity index (χ1v) is 5.16. The van der Waals surface area contributed by atoms with Crippen molar-refractivity contribution in [1.29, 1.82) is 0 Å². The van der Waals surface area contributed by atoms with Crippen molar-refractivity contribution < 1.29 is 13.7 Å². The van der Waals surface area contributed by atoms with Gasteiger partial charge >= 0.3 is 0 Å². The molecule has 0 amide bonds. The summed E-state index contributed by atoms with van der Waals surface area (Å²) in [7, 11) is 1.38. The van der Waals surface area contributed by atoms with Gasteiger partial charge in [0, 0.05) is 4.47 Å². The van der Waals surface area contributed by atoms with Crippen LogP contribution in [0.5, 0.6) is 5.75 Å². The van der Waals surface area contributed by atoms with Crippen molar-refractivity contribution in [3.05, 3.63) is 28.6 Å². The smallest absolute Gasteiger partial charge is 0.193 e. The van der Waals surface area contributed by atoms with Crippen molar-refractivity contribution in [2.45, 2.75) is 0 Å². The van der Waals surface area contributed by atoms with Crippen molar-refractivity contribution >= 4 is 21.6 Å². The molecule has 2 rings (SSSR count). The molecule has 0 bridgehead atoms. The normalized spacial score (nSPS) is 10.4. The maximum absolute atomic E-state index is 13.6. The van der Waals surface area contributed by atoms with Crippen molar-refractivity contribution in [2.75, 3.05) is 12.8 Å². The third-order valence-corrected chi connectivity index (χ3v) is 2.51. The highest BCUT2D eigenvalue weighted by molar-refractivity contribution is 9.10. The number of methoxy groups -OCH3 is 1. The molecule has 0 atom stereocenters. The minimum Gasteiger partial charge on any atom is -0.493 e. The number of hydrogen-bond acceptors (Lipinski definition) is 4. The van der Waals surface area contributed by atoms with E-state index in [0.29, 0.717) is 15.7 Å². The van der Waals surface area contributed by atoms with Gasteiger partial charge in [-0.2, -0.15) is 0 Å². The van der Waals surface area contributed by atoms with E-state index in [0.717, 1.165) is 0 Å². The lowest BCUT2D eigenvalue weighted by molar-refractivity contribution is 0.382. The van der Waals surface area contributed by atoms with Gasteiger partial charge in [0.05, 0.1) is 18.9 Å². The number of nitrogen functional groups attached to an aromatic ring is 1. The second kappa shape index (κ2) is 4.13. The van der Waals surface area contributed by atoms with E-state index < -0.39 is 5.82 Å². The molecule has 0 saturated carbocycles. The average molecular weight is 287 g/mol. The minimum atomic E-state index is -0.498. The fourth-order valence-corrected chi connectivity index (χ4v) is 1.82. The van der Waals surface area contributed by atoms with Gasteiger partial charge in [-0.1, -0.05) is 21.1 Å². The maximum atomic E-state index is 13.6. The summed E-state index contributed by atoms with van der Waals surface area (Å²) >= 11 is 3.19. The summed E-state index contributed by atoms with van der Waals surface area (Å²) in [5, 5.41) is 3.54. The molecule has 16 heavy (non-hydrogen) atoms. The van der Waals surface area contributed by atoms with Gasteiger partial charge in [0.2, 0.25) is 0 Å². The zero-order chi connectivity index (χ0) is 11.7. The van der Waals surface area contributed by atoms with Crippen LogP contribution < -0.4 is 10.5 Å². The monoisotopic (exact) mass is 286 g/mol. The quantitative estimate of drug-likeness (QED) is 0.922. The summed E-state index contributed by atoms with van der Waals surface area (Å²) in [5.41, 5.74) is 6.40. The number of rotatable bonds is 2. The summed E-state index contributed by atoms with van der Waals surface area (Å²) in [6.45, 7) is 0. The highest BCUT2D eigenvalue weighted by Crippen LogP contribution is 2.37. The van der Waals surface area contributed by atoms with Gasteiger partial charge in [0.25, 0.3) is 0 Å². The van der Waals surface area contributed by atoms with E-state index in [4.69, 9.17) is 15.0 Å². The molecule has 0 unspecified atom stereocenters. The predicted octanol–water partition coefficient (Wildman–Crippen LogP) is 2.83. The van der Waals surface area contributed by atoms with Gasteiger partial charge in [0.15, 0.2) is 17.3 Å². The number of ether oxygens (including phenoxy) is 1. The topological polar surface area (TPSA) is 61.3 Å². The van der Waals surface area contributed by atoms with Gasteiger partial charge in [-0.15, -0.1) is 0 Å². The van der Waals surface area contributed by atoms with E-state index >= 15 is 0 Å². The van der Waals surface area contributed by atoms with Gasteiger partial charge in [0.1, 0.15) is 5.69 Å². The zero-order valence-electron chi connectivity index (χ0n) is 8.33. The number of benzene rings is 1. The lowest BCUT2D eigenvalue weighted by Gasteiger charge is -2.08. The molecular formula is C10H8BrFN2O2.